The van der Waals surface area contributed by atoms with Crippen LogP contribution in [0, 0.1) is 19.3 Å². The molecule has 0 amide bonds. The van der Waals surface area contributed by atoms with Crippen molar-refractivity contribution in [3.05, 3.63) is 17.5 Å². The Morgan fingerprint density at radius 1 is 1.32 bits per heavy atom. The molecule has 2 heterocycles. The van der Waals surface area contributed by atoms with Gasteiger partial charge in [0.15, 0.2) is 0 Å². The summed E-state index contributed by atoms with van der Waals surface area (Å²) in [5, 5.41) is 8.30. The molecular formula is C17H30N4O. The van der Waals surface area contributed by atoms with Gasteiger partial charge in [0.1, 0.15) is 0 Å². The average molecular weight is 306 g/mol. The van der Waals surface area contributed by atoms with E-state index in [1.165, 1.54) is 25.1 Å². The first-order chi connectivity index (χ1) is 10.6. The Hall–Kier alpha value is -0.910. The third-order valence-electron chi connectivity index (χ3n) is 5.00. The standard InChI is InChI=1S/C17H30N4O/c1-14-10-16(3)21(19-14)11-15(2)18-12-17(4-5-17)13-20-6-8-22-9-7-20/h10,15,18H,4-9,11-13H2,1-3H3/t15-/m0/s1. The summed E-state index contributed by atoms with van der Waals surface area (Å²) in [7, 11) is 0. The molecule has 1 atom stereocenters. The maximum Gasteiger partial charge on any atom is 0.0596 e. The Bertz CT molecular complexity index is 489. The molecule has 0 spiro atoms. The third-order valence-corrected chi connectivity index (χ3v) is 5.00. The highest BCUT2D eigenvalue weighted by Crippen LogP contribution is 2.45. The van der Waals surface area contributed by atoms with E-state index < -0.39 is 0 Å². The van der Waals surface area contributed by atoms with Gasteiger partial charge in [-0.15, -0.1) is 0 Å². The molecule has 5 nitrogen and oxygen atoms in total. The topological polar surface area (TPSA) is 42.3 Å². The van der Waals surface area contributed by atoms with E-state index in [2.05, 4.69) is 46.8 Å². The molecule has 1 aliphatic carbocycles. The number of ether oxygens (including phenoxy) is 1. The monoisotopic (exact) mass is 306 g/mol. The molecule has 0 bridgehead atoms. The predicted molar refractivity (Wildman–Crippen MR) is 88.1 cm³/mol. The van der Waals surface area contributed by atoms with Crippen molar-refractivity contribution in [2.75, 3.05) is 39.4 Å². The molecule has 1 aliphatic heterocycles. The molecular weight excluding hydrogens is 276 g/mol. The van der Waals surface area contributed by atoms with E-state index in [0.29, 0.717) is 11.5 Å². The van der Waals surface area contributed by atoms with Crippen molar-refractivity contribution in [2.45, 2.75) is 46.2 Å². The third kappa shape index (κ3) is 4.09. The molecule has 0 aromatic carbocycles. The number of aromatic nitrogens is 2. The molecule has 1 N–H and O–H groups in total. The van der Waals surface area contributed by atoms with Crippen LogP contribution in [0.3, 0.4) is 0 Å². The van der Waals surface area contributed by atoms with Crippen LogP contribution in [-0.4, -0.2) is 60.1 Å². The summed E-state index contributed by atoms with van der Waals surface area (Å²) in [5.41, 5.74) is 2.87. The van der Waals surface area contributed by atoms with Crippen LogP contribution in [0.2, 0.25) is 0 Å². The van der Waals surface area contributed by atoms with Gasteiger partial charge in [-0.2, -0.15) is 5.10 Å². The maximum absolute atomic E-state index is 5.45. The Morgan fingerprint density at radius 2 is 2.05 bits per heavy atom. The van der Waals surface area contributed by atoms with Crippen molar-refractivity contribution in [3.8, 4) is 0 Å². The Labute approximate surface area is 134 Å². The Morgan fingerprint density at radius 3 is 2.64 bits per heavy atom. The number of hydrogen-bond donors (Lipinski definition) is 1. The fourth-order valence-corrected chi connectivity index (χ4v) is 3.38. The van der Waals surface area contributed by atoms with E-state index >= 15 is 0 Å². The van der Waals surface area contributed by atoms with Gasteiger partial charge in [-0.1, -0.05) is 0 Å². The van der Waals surface area contributed by atoms with Gasteiger partial charge in [0.25, 0.3) is 0 Å². The van der Waals surface area contributed by atoms with E-state index in [1.54, 1.807) is 0 Å². The first-order valence-electron chi connectivity index (χ1n) is 8.61. The summed E-state index contributed by atoms with van der Waals surface area (Å²) in [5.74, 6) is 0. The van der Waals surface area contributed by atoms with E-state index in [4.69, 9.17) is 4.74 Å². The Balaban J connectivity index is 1.44. The number of nitrogens with one attached hydrogen (secondary N) is 1. The molecule has 5 heteroatoms. The number of morpholine rings is 1. The molecule has 1 aromatic rings. The van der Waals surface area contributed by atoms with Crippen molar-refractivity contribution in [3.63, 3.8) is 0 Å². The van der Waals surface area contributed by atoms with Crippen molar-refractivity contribution in [1.82, 2.24) is 20.0 Å². The first-order valence-corrected chi connectivity index (χ1v) is 8.61. The number of rotatable bonds is 7. The zero-order valence-electron chi connectivity index (χ0n) is 14.3. The Kier molecular flexibility index (Phi) is 4.85. The van der Waals surface area contributed by atoms with E-state index in [0.717, 1.165) is 45.1 Å². The van der Waals surface area contributed by atoms with Crippen molar-refractivity contribution in [1.29, 1.82) is 0 Å². The first kappa shape index (κ1) is 16.0. The molecule has 1 saturated heterocycles. The zero-order chi connectivity index (χ0) is 15.6. The highest BCUT2D eigenvalue weighted by Gasteiger charge is 2.43. The van der Waals surface area contributed by atoms with Crippen LogP contribution in [0.5, 0.6) is 0 Å². The summed E-state index contributed by atoms with van der Waals surface area (Å²) in [4.78, 5) is 2.57. The van der Waals surface area contributed by atoms with Gasteiger partial charge in [-0.25, -0.2) is 0 Å². The van der Waals surface area contributed by atoms with Crippen LogP contribution in [0.25, 0.3) is 0 Å². The van der Waals surface area contributed by atoms with Crippen molar-refractivity contribution >= 4 is 0 Å². The molecule has 22 heavy (non-hydrogen) atoms. The molecule has 3 rings (SSSR count). The van der Waals surface area contributed by atoms with Crippen LogP contribution in [0.1, 0.15) is 31.2 Å². The molecule has 2 fully saturated rings. The molecule has 0 unspecified atom stereocenters. The summed E-state index contributed by atoms with van der Waals surface area (Å²) in [6.45, 7) is 13.8. The van der Waals surface area contributed by atoms with Crippen molar-refractivity contribution in [2.24, 2.45) is 5.41 Å². The summed E-state index contributed by atoms with van der Waals surface area (Å²) in [6, 6.07) is 2.60. The lowest BCUT2D eigenvalue weighted by atomic mass is 10.1. The number of nitrogens with zero attached hydrogens (tertiary/aromatic N) is 3. The van der Waals surface area contributed by atoms with Gasteiger partial charge in [-0.3, -0.25) is 9.58 Å². The van der Waals surface area contributed by atoms with Crippen LogP contribution in [0.4, 0.5) is 0 Å². The number of hydrogen-bond acceptors (Lipinski definition) is 4. The quantitative estimate of drug-likeness (QED) is 0.831. The smallest absolute Gasteiger partial charge is 0.0596 e. The van der Waals surface area contributed by atoms with E-state index in [9.17, 15) is 0 Å². The second-order valence-electron chi connectivity index (χ2n) is 7.28. The van der Waals surface area contributed by atoms with Crippen LogP contribution < -0.4 is 5.32 Å². The zero-order valence-corrected chi connectivity index (χ0v) is 14.3. The SMILES string of the molecule is Cc1cc(C)n(C[C@H](C)NCC2(CN3CCOCC3)CC2)n1. The average Bonchev–Trinajstić information content (AvgIpc) is 3.18. The normalized spacial score (nSPS) is 22.7. The molecule has 1 saturated carbocycles. The molecule has 124 valence electrons. The highest BCUT2D eigenvalue weighted by molar-refractivity contribution is 5.06. The fourth-order valence-electron chi connectivity index (χ4n) is 3.38. The minimum Gasteiger partial charge on any atom is -0.379 e. The van der Waals surface area contributed by atoms with Crippen LogP contribution in [-0.2, 0) is 11.3 Å². The lowest BCUT2D eigenvalue weighted by Gasteiger charge is -2.31. The molecule has 1 aromatic heterocycles. The maximum atomic E-state index is 5.45. The fraction of sp³-hybridized carbons (Fsp3) is 0.824. The van der Waals surface area contributed by atoms with Gasteiger partial charge in [0.05, 0.1) is 25.5 Å². The van der Waals surface area contributed by atoms with E-state index in [1.807, 2.05) is 0 Å². The van der Waals surface area contributed by atoms with Gasteiger partial charge in [0, 0.05) is 37.9 Å². The summed E-state index contributed by atoms with van der Waals surface area (Å²) < 4.78 is 7.56. The van der Waals surface area contributed by atoms with Gasteiger partial charge in [0.2, 0.25) is 0 Å². The second kappa shape index (κ2) is 6.69. The molecule has 2 aliphatic rings. The van der Waals surface area contributed by atoms with E-state index in [-0.39, 0.29) is 0 Å². The van der Waals surface area contributed by atoms with Gasteiger partial charge >= 0.3 is 0 Å². The van der Waals surface area contributed by atoms with Crippen molar-refractivity contribution < 1.29 is 4.74 Å². The largest absolute Gasteiger partial charge is 0.379 e. The van der Waals surface area contributed by atoms with Gasteiger partial charge < -0.3 is 10.1 Å². The predicted octanol–water partition coefficient (Wildman–Crippen LogP) is 1.59. The second-order valence-corrected chi connectivity index (χ2v) is 7.28. The minimum absolute atomic E-state index is 0.458. The summed E-state index contributed by atoms with van der Waals surface area (Å²) >= 11 is 0. The van der Waals surface area contributed by atoms with Gasteiger partial charge in [-0.05, 0) is 45.1 Å². The lowest BCUT2D eigenvalue weighted by molar-refractivity contribution is 0.0281. The lowest BCUT2D eigenvalue weighted by Crippen LogP contribution is -2.44. The van der Waals surface area contributed by atoms with Crippen LogP contribution in [0.15, 0.2) is 6.07 Å². The minimum atomic E-state index is 0.458. The van der Waals surface area contributed by atoms with Crippen LogP contribution >= 0.6 is 0 Å². The molecule has 0 radical (unpaired) electrons. The summed E-state index contributed by atoms with van der Waals surface area (Å²) in [6.07, 6.45) is 2.73. The highest BCUT2D eigenvalue weighted by atomic mass is 16.5. The number of aryl methyl sites for hydroxylation is 2.